The Morgan fingerprint density at radius 3 is 2.40 bits per heavy atom. The molecule has 3 rings (SSSR count). The molecule has 0 radical (unpaired) electrons. The molecule has 2 aromatic rings. The Labute approximate surface area is 119 Å². The van der Waals surface area contributed by atoms with Crippen LogP contribution in [-0.2, 0) is 9.31 Å². The topological polar surface area (TPSA) is 49.2 Å². The summed E-state index contributed by atoms with van der Waals surface area (Å²) in [5.41, 5.74) is 0.0594. The molecular formula is C14H18BN3O2. The Balaban J connectivity index is 1.91. The first-order valence-electron chi connectivity index (χ1n) is 6.70. The number of rotatable bonds is 2. The zero-order valence-corrected chi connectivity index (χ0v) is 12.2. The first-order valence-corrected chi connectivity index (χ1v) is 6.70. The summed E-state index contributed by atoms with van der Waals surface area (Å²) in [6, 6.07) is 5.79. The predicted molar refractivity (Wildman–Crippen MR) is 77.1 cm³/mol. The number of hydrogen-bond acceptors (Lipinski definition) is 4. The highest BCUT2D eigenvalue weighted by Gasteiger charge is 2.52. The highest BCUT2D eigenvalue weighted by molar-refractivity contribution is 6.61. The van der Waals surface area contributed by atoms with Crippen LogP contribution in [0, 0.1) is 0 Å². The lowest BCUT2D eigenvalue weighted by Crippen LogP contribution is -2.41. The number of imidazole rings is 1. The molecule has 0 unspecified atom stereocenters. The van der Waals surface area contributed by atoms with Crippen molar-refractivity contribution in [1.82, 2.24) is 14.5 Å². The van der Waals surface area contributed by atoms with Crippen LogP contribution in [0.1, 0.15) is 27.7 Å². The van der Waals surface area contributed by atoms with E-state index in [9.17, 15) is 0 Å². The Hall–Kier alpha value is -1.66. The van der Waals surface area contributed by atoms with Gasteiger partial charge in [0, 0.05) is 12.4 Å². The minimum absolute atomic E-state index is 0.357. The lowest BCUT2D eigenvalue weighted by molar-refractivity contribution is 0.00578. The third-order valence-corrected chi connectivity index (χ3v) is 4.02. The van der Waals surface area contributed by atoms with Gasteiger partial charge in [-0.2, -0.15) is 0 Å². The highest BCUT2D eigenvalue weighted by Crippen LogP contribution is 2.36. The summed E-state index contributed by atoms with van der Waals surface area (Å²) >= 11 is 0. The lowest BCUT2D eigenvalue weighted by atomic mass is 9.84. The molecule has 0 atom stereocenters. The van der Waals surface area contributed by atoms with Crippen molar-refractivity contribution in [2.45, 2.75) is 38.9 Å². The number of pyridine rings is 1. The van der Waals surface area contributed by atoms with Crippen molar-refractivity contribution in [3.63, 3.8) is 0 Å². The van der Waals surface area contributed by atoms with E-state index in [1.807, 2.05) is 56.7 Å². The van der Waals surface area contributed by atoms with Crippen LogP contribution < -0.4 is 5.59 Å². The average Bonchev–Trinajstić information content (AvgIpc) is 2.97. The molecule has 0 aliphatic carbocycles. The van der Waals surface area contributed by atoms with Crippen molar-refractivity contribution in [2.75, 3.05) is 0 Å². The van der Waals surface area contributed by atoms with Crippen molar-refractivity contribution in [3.05, 3.63) is 36.9 Å². The molecular weight excluding hydrogens is 253 g/mol. The molecule has 0 amide bonds. The van der Waals surface area contributed by atoms with Crippen LogP contribution in [-0.4, -0.2) is 32.9 Å². The summed E-state index contributed by atoms with van der Waals surface area (Å²) in [6.07, 6.45) is 5.30. The van der Waals surface area contributed by atoms with Crippen molar-refractivity contribution in [1.29, 1.82) is 0 Å². The van der Waals surface area contributed by atoms with E-state index in [2.05, 4.69) is 9.97 Å². The minimum Gasteiger partial charge on any atom is -0.398 e. The largest absolute Gasteiger partial charge is 0.514 e. The van der Waals surface area contributed by atoms with Crippen LogP contribution in [0.15, 0.2) is 36.9 Å². The molecule has 5 nitrogen and oxygen atoms in total. The third kappa shape index (κ3) is 2.15. The van der Waals surface area contributed by atoms with Gasteiger partial charge in [-0.1, -0.05) is 6.07 Å². The van der Waals surface area contributed by atoms with Crippen molar-refractivity contribution < 1.29 is 9.31 Å². The number of aromatic nitrogens is 3. The monoisotopic (exact) mass is 271 g/mol. The van der Waals surface area contributed by atoms with E-state index in [0.29, 0.717) is 0 Å². The van der Waals surface area contributed by atoms with E-state index in [1.165, 1.54) is 0 Å². The maximum absolute atomic E-state index is 6.01. The molecule has 0 spiro atoms. The van der Waals surface area contributed by atoms with Crippen molar-refractivity contribution in [2.24, 2.45) is 0 Å². The minimum atomic E-state index is -0.441. The normalized spacial score (nSPS) is 20.3. The van der Waals surface area contributed by atoms with Crippen LogP contribution in [0.3, 0.4) is 0 Å². The molecule has 1 aliphatic rings. The fraction of sp³-hybridized carbons (Fsp3) is 0.429. The second-order valence-electron chi connectivity index (χ2n) is 5.98. The van der Waals surface area contributed by atoms with E-state index < -0.39 is 7.12 Å². The second kappa shape index (κ2) is 4.43. The molecule has 2 aromatic heterocycles. The van der Waals surface area contributed by atoms with Crippen LogP contribution in [0.4, 0.5) is 0 Å². The Kier molecular flexibility index (Phi) is 2.95. The maximum Gasteiger partial charge on any atom is 0.514 e. The third-order valence-electron chi connectivity index (χ3n) is 4.02. The second-order valence-corrected chi connectivity index (χ2v) is 5.98. The van der Waals surface area contributed by atoms with Gasteiger partial charge in [-0.3, -0.25) is 4.57 Å². The average molecular weight is 271 g/mol. The van der Waals surface area contributed by atoms with Crippen LogP contribution >= 0.6 is 0 Å². The number of nitrogens with zero attached hydrogens (tertiary/aromatic N) is 3. The van der Waals surface area contributed by atoms with Gasteiger partial charge < -0.3 is 9.31 Å². The molecule has 1 fully saturated rings. The Bertz CT molecular complexity index is 595. The summed E-state index contributed by atoms with van der Waals surface area (Å²) in [5, 5.41) is 0. The predicted octanol–water partition coefficient (Wildman–Crippen LogP) is 1.57. The molecule has 6 heteroatoms. The lowest BCUT2D eigenvalue weighted by Gasteiger charge is -2.32. The van der Waals surface area contributed by atoms with Crippen molar-refractivity contribution >= 4 is 12.7 Å². The van der Waals surface area contributed by atoms with Crippen LogP contribution in [0.2, 0.25) is 0 Å². The first-order chi connectivity index (χ1) is 9.39. The molecule has 104 valence electrons. The van der Waals surface area contributed by atoms with E-state index >= 15 is 0 Å². The van der Waals surface area contributed by atoms with Crippen molar-refractivity contribution in [3.8, 4) is 5.82 Å². The van der Waals surface area contributed by atoms with E-state index in [-0.39, 0.29) is 11.2 Å². The molecule has 0 bridgehead atoms. The van der Waals surface area contributed by atoms with Crippen LogP contribution in [0.25, 0.3) is 5.82 Å². The van der Waals surface area contributed by atoms with Gasteiger partial charge >= 0.3 is 7.12 Å². The van der Waals surface area contributed by atoms with E-state index in [1.54, 1.807) is 12.5 Å². The van der Waals surface area contributed by atoms with E-state index in [0.717, 1.165) is 11.4 Å². The van der Waals surface area contributed by atoms with Gasteiger partial charge in [-0.25, -0.2) is 9.97 Å². The molecule has 1 aliphatic heterocycles. The molecule has 0 aromatic carbocycles. The SMILES string of the molecule is CC1(C)OB(c2cccc(-n3ccnc3)n2)OC1(C)C. The summed E-state index contributed by atoms with van der Waals surface area (Å²) in [7, 11) is -0.441. The smallest absolute Gasteiger partial charge is 0.398 e. The summed E-state index contributed by atoms with van der Waals surface area (Å²) in [6.45, 7) is 8.14. The molecule has 1 saturated heterocycles. The Morgan fingerprint density at radius 1 is 1.10 bits per heavy atom. The Morgan fingerprint density at radius 2 is 1.80 bits per heavy atom. The number of hydrogen-bond donors (Lipinski definition) is 0. The summed E-state index contributed by atoms with van der Waals surface area (Å²) in [4.78, 5) is 8.63. The van der Waals surface area contributed by atoms with Gasteiger partial charge in [-0.15, -0.1) is 0 Å². The van der Waals surface area contributed by atoms with Gasteiger partial charge in [0.1, 0.15) is 12.1 Å². The van der Waals surface area contributed by atoms with Gasteiger partial charge in [-0.05, 0) is 39.8 Å². The van der Waals surface area contributed by atoms with Gasteiger partial charge in [0.25, 0.3) is 0 Å². The fourth-order valence-electron chi connectivity index (χ4n) is 2.07. The maximum atomic E-state index is 6.01. The zero-order chi connectivity index (χ0) is 14.4. The van der Waals surface area contributed by atoms with Gasteiger partial charge in [0.05, 0.1) is 16.8 Å². The molecule has 0 saturated carbocycles. The summed E-state index contributed by atoms with van der Waals surface area (Å²) < 4.78 is 13.9. The summed E-state index contributed by atoms with van der Waals surface area (Å²) in [5.74, 6) is 0.801. The molecule has 3 heterocycles. The first kappa shape index (κ1) is 13.3. The standard InChI is InChI=1S/C14H18BN3O2/c1-13(2)14(3,4)20-15(19-13)11-6-5-7-12(17-11)18-9-8-16-10-18/h5-10H,1-4H3. The zero-order valence-electron chi connectivity index (χ0n) is 12.2. The van der Waals surface area contributed by atoms with Gasteiger partial charge in [0.15, 0.2) is 0 Å². The highest BCUT2D eigenvalue weighted by atomic mass is 16.7. The molecule has 0 N–H and O–H groups in total. The molecule has 20 heavy (non-hydrogen) atoms. The fourth-order valence-corrected chi connectivity index (χ4v) is 2.07. The van der Waals surface area contributed by atoms with Gasteiger partial charge in [0.2, 0.25) is 0 Å². The van der Waals surface area contributed by atoms with E-state index in [4.69, 9.17) is 9.31 Å². The van der Waals surface area contributed by atoms with Crippen LogP contribution in [0.5, 0.6) is 0 Å². The quantitative estimate of drug-likeness (QED) is 0.778.